The summed E-state index contributed by atoms with van der Waals surface area (Å²) in [6, 6.07) is 6.17. The number of carbonyl (C=O) groups is 1. The van der Waals surface area contributed by atoms with Crippen molar-refractivity contribution in [2.75, 3.05) is 7.11 Å². The lowest BCUT2D eigenvalue weighted by molar-refractivity contribution is 0.0597. The number of hydrogen-bond acceptors (Lipinski definition) is 6. The monoisotopic (exact) mass is 331 g/mol. The highest BCUT2D eigenvalue weighted by Crippen LogP contribution is 2.32. The normalized spacial score (nSPS) is 10.7. The smallest absolute Gasteiger partial charge is 0.346 e. The maximum atomic E-state index is 13.3. The highest BCUT2D eigenvalue weighted by molar-refractivity contribution is 7.16. The van der Waals surface area contributed by atoms with Crippen molar-refractivity contribution in [3.63, 3.8) is 0 Å². The molecule has 0 saturated heterocycles. The van der Waals surface area contributed by atoms with Crippen molar-refractivity contribution in [1.82, 2.24) is 4.98 Å². The van der Waals surface area contributed by atoms with E-state index in [1.54, 1.807) is 18.2 Å². The van der Waals surface area contributed by atoms with Gasteiger partial charge in [-0.2, -0.15) is 0 Å². The summed E-state index contributed by atoms with van der Waals surface area (Å²) >= 11 is 0.809. The predicted octanol–water partition coefficient (Wildman–Crippen LogP) is 2.95. The third-order valence-corrected chi connectivity index (χ3v) is 4.26. The van der Waals surface area contributed by atoms with E-state index in [1.807, 2.05) is 0 Å². The van der Waals surface area contributed by atoms with E-state index in [4.69, 9.17) is 0 Å². The summed E-state index contributed by atoms with van der Waals surface area (Å²) in [5, 5.41) is 10.5. The Morgan fingerprint density at radius 3 is 2.74 bits per heavy atom. The molecule has 0 amide bonds. The first kappa shape index (κ1) is 15.1. The van der Waals surface area contributed by atoms with Gasteiger partial charge in [0.15, 0.2) is 5.56 Å². The van der Waals surface area contributed by atoms with Crippen LogP contribution in [0.1, 0.15) is 10.4 Å². The first-order valence-electron chi connectivity index (χ1n) is 6.50. The van der Waals surface area contributed by atoms with Crippen molar-refractivity contribution >= 4 is 27.4 Å². The third kappa shape index (κ3) is 2.66. The Morgan fingerprint density at radius 1 is 1.26 bits per heavy atom. The number of aromatic nitrogens is 1. The van der Waals surface area contributed by atoms with E-state index >= 15 is 0 Å². The maximum absolute atomic E-state index is 13.3. The topological polar surface area (TPSA) is 76.5 Å². The molecule has 0 fully saturated rings. The Balaban J connectivity index is 2.23. The van der Waals surface area contributed by atoms with Crippen LogP contribution in [-0.4, -0.2) is 23.2 Å². The summed E-state index contributed by atoms with van der Waals surface area (Å²) in [5.74, 6) is -1.77. The van der Waals surface area contributed by atoms with Gasteiger partial charge in [-0.1, -0.05) is 17.4 Å². The Morgan fingerprint density at radius 2 is 2.04 bits per heavy atom. The lowest BCUT2D eigenvalue weighted by Gasteiger charge is -2.07. The Hall–Kier alpha value is -2.80. The number of halogens is 1. The molecule has 0 unspecified atom stereocenters. The second kappa shape index (κ2) is 5.77. The van der Waals surface area contributed by atoms with Gasteiger partial charge in [0, 0.05) is 21.8 Å². The average molecular weight is 331 g/mol. The SMILES string of the molecule is COC(=O)c1c(O)c2ccc(-c3cncc(F)c3)cc2sc1=O. The van der Waals surface area contributed by atoms with Crippen LogP contribution in [0.15, 0.2) is 41.5 Å². The molecule has 1 N–H and O–H groups in total. The zero-order valence-corrected chi connectivity index (χ0v) is 12.7. The van der Waals surface area contributed by atoms with Gasteiger partial charge in [0.05, 0.1) is 13.3 Å². The van der Waals surface area contributed by atoms with Gasteiger partial charge in [-0.25, -0.2) is 9.18 Å². The Bertz CT molecular complexity index is 983. The van der Waals surface area contributed by atoms with Crippen LogP contribution in [0, 0.1) is 5.82 Å². The molecule has 0 saturated carbocycles. The standard InChI is InChI=1S/C16H10FNO4S/c1-22-15(20)13-14(19)11-3-2-8(5-12(11)23-16(13)21)9-4-10(17)7-18-6-9/h2-7,19H,1H3. The molecule has 2 aromatic heterocycles. The average Bonchev–Trinajstić information content (AvgIpc) is 2.54. The van der Waals surface area contributed by atoms with Gasteiger partial charge >= 0.3 is 5.97 Å². The number of methoxy groups -OCH3 is 1. The number of ether oxygens (including phenoxy) is 1. The summed E-state index contributed by atoms with van der Waals surface area (Å²) in [6.45, 7) is 0. The second-order valence-electron chi connectivity index (χ2n) is 4.71. The van der Waals surface area contributed by atoms with Gasteiger partial charge in [0.1, 0.15) is 11.6 Å². The van der Waals surface area contributed by atoms with Crippen LogP contribution in [0.5, 0.6) is 5.75 Å². The molecule has 0 aliphatic carbocycles. The van der Waals surface area contributed by atoms with Crippen LogP contribution in [0.3, 0.4) is 0 Å². The molecule has 5 nitrogen and oxygen atoms in total. The summed E-state index contributed by atoms with van der Waals surface area (Å²) in [6.07, 6.45) is 2.59. The van der Waals surface area contributed by atoms with Crippen LogP contribution in [0.25, 0.3) is 21.2 Å². The Labute approximate surface area is 133 Å². The number of esters is 1. The van der Waals surface area contributed by atoms with E-state index in [1.165, 1.54) is 12.3 Å². The van der Waals surface area contributed by atoms with E-state index < -0.39 is 22.3 Å². The van der Waals surface area contributed by atoms with Crippen LogP contribution < -0.4 is 4.74 Å². The van der Waals surface area contributed by atoms with Crippen LogP contribution in [0.2, 0.25) is 0 Å². The molecule has 2 heterocycles. The van der Waals surface area contributed by atoms with Crippen LogP contribution in [0.4, 0.5) is 4.39 Å². The van der Waals surface area contributed by atoms with E-state index in [2.05, 4.69) is 9.72 Å². The van der Waals surface area contributed by atoms with E-state index in [-0.39, 0.29) is 5.56 Å². The maximum Gasteiger partial charge on any atom is 0.346 e. The van der Waals surface area contributed by atoms with Crippen molar-refractivity contribution in [1.29, 1.82) is 0 Å². The fourth-order valence-electron chi connectivity index (χ4n) is 2.22. The highest BCUT2D eigenvalue weighted by Gasteiger charge is 2.20. The zero-order valence-electron chi connectivity index (χ0n) is 11.9. The van der Waals surface area contributed by atoms with Gasteiger partial charge in [0.25, 0.3) is 4.74 Å². The van der Waals surface area contributed by atoms with E-state index in [0.717, 1.165) is 24.6 Å². The molecule has 1 aromatic carbocycles. The van der Waals surface area contributed by atoms with Gasteiger partial charge in [-0.15, -0.1) is 0 Å². The Kier molecular flexibility index (Phi) is 3.79. The molecule has 116 valence electrons. The molecule has 3 rings (SSSR count). The summed E-state index contributed by atoms with van der Waals surface area (Å²) in [7, 11) is 1.14. The molecular formula is C16H10FNO4S. The fourth-order valence-corrected chi connectivity index (χ4v) is 3.16. The minimum Gasteiger partial charge on any atom is -0.506 e. The molecule has 23 heavy (non-hydrogen) atoms. The molecule has 0 aliphatic rings. The largest absolute Gasteiger partial charge is 0.506 e. The number of benzene rings is 1. The third-order valence-electron chi connectivity index (χ3n) is 3.31. The van der Waals surface area contributed by atoms with Crippen LogP contribution in [-0.2, 0) is 4.74 Å². The first-order valence-corrected chi connectivity index (χ1v) is 7.32. The summed E-state index contributed by atoms with van der Waals surface area (Å²) < 4.78 is 17.7. The molecule has 0 bridgehead atoms. The number of hydrogen-bond donors (Lipinski definition) is 1. The minimum atomic E-state index is -0.885. The molecule has 0 atom stereocenters. The quantitative estimate of drug-likeness (QED) is 0.731. The number of rotatable bonds is 2. The summed E-state index contributed by atoms with van der Waals surface area (Å²) in [4.78, 5) is 27.4. The number of carbonyl (C=O) groups excluding carboxylic acids is 1. The lowest BCUT2D eigenvalue weighted by Crippen LogP contribution is -2.13. The van der Waals surface area contributed by atoms with E-state index in [9.17, 15) is 19.1 Å². The minimum absolute atomic E-state index is 0.350. The predicted molar refractivity (Wildman–Crippen MR) is 84.3 cm³/mol. The van der Waals surface area contributed by atoms with Gasteiger partial charge < -0.3 is 9.84 Å². The van der Waals surface area contributed by atoms with Crippen LogP contribution >= 0.6 is 11.3 Å². The molecule has 0 aliphatic heterocycles. The highest BCUT2D eigenvalue weighted by atomic mass is 32.1. The fraction of sp³-hybridized carbons (Fsp3) is 0.0625. The number of nitrogens with zero attached hydrogens (tertiary/aromatic N) is 1. The van der Waals surface area contributed by atoms with E-state index in [0.29, 0.717) is 21.2 Å². The molecule has 0 radical (unpaired) electrons. The second-order valence-corrected chi connectivity index (χ2v) is 5.72. The van der Waals surface area contributed by atoms with Crippen molar-refractivity contribution in [2.45, 2.75) is 0 Å². The van der Waals surface area contributed by atoms with Crippen molar-refractivity contribution in [2.24, 2.45) is 0 Å². The number of aromatic hydroxyl groups is 1. The van der Waals surface area contributed by atoms with Gasteiger partial charge in [-0.05, 0) is 23.8 Å². The van der Waals surface area contributed by atoms with Crippen molar-refractivity contribution in [3.05, 3.63) is 57.6 Å². The van der Waals surface area contributed by atoms with Gasteiger partial charge in [-0.3, -0.25) is 9.78 Å². The molecule has 0 spiro atoms. The molecule has 3 aromatic rings. The molecular weight excluding hydrogens is 321 g/mol. The van der Waals surface area contributed by atoms with Crippen molar-refractivity contribution < 1.29 is 19.0 Å². The summed E-state index contributed by atoms with van der Waals surface area (Å²) in [5.41, 5.74) is 0.804. The molecule has 7 heteroatoms. The number of fused-ring (bicyclic) bond motifs is 1. The zero-order chi connectivity index (χ0) is 16.6. The number of pyridine rings is 1. The lowest BCUT2D eigenvalue weighted by atomic mass is 10.1. The first-order chi connectivity index (χ1) is 11.0. The van der Waals surface area contributed by atoms with Gasteiger partial charge in [0.2, 0.25) is 0 Å². The van der Waals surface area contributed by atoms with Crippen molar-refractivity contribution in [3.8, 4) is 16.9 Å².